The molecule has 0 aliphatic heterocycles. The molecule has 1 unspecified atom stereocenters. The van der Waals surface area contributed by atoms with Crippen LogP contribution in [0.15, 0.2) is 0 Å². The normalized spacial score (nSPS) is 8.15. The maximum Gasteiger partial charge on any atom is 0.364 e. The number of halogens is 1. The Morgan fingerprint density at radius 1 is 0.769 bits per heavy atom. The van der Waals surface area contributed by atoms with Crippen molar-refractivity contribution >= 4 is 42.7 Å². The number of hydrogen-bond acceptors (Lipinski definition) is 0. The molecule has 0 radical (unpaired) electrons. The third kappa shape index (κ3) is 19.8. The van der Waals surface area contributed by atoms with Crippen LogP contribution in [0.25, 0.3) is 0 Å². The fourth-order valence-electron chi connectivity index (χ4n) is 1.38. The van der Waals surface area contributed by atoms with Crippen molar-refractivity contribution in [2.45, 2.75) is 61.5 Å². The van der Waals surface area contributed by atoms with Gasteiger partial charge in [0.1, 0.15) is 0 Å². The van der Waals surface area contributed by atoms with Crippen LogP contribution in [0.4, 0.5) is 0 Å². The first-order chi connectivity index (χ1) is 5.41. The second-order valence-corrected chi connectivity index (χ2v) is 5.60. The number of unbranched alkanes of at least 4 members (excludes halogenated alkanes) is 4. The molecular formula is C10H26ClMgP. The second kappa shape index (κ2) is 19.1. The van der Waals surface area contributed by atoms with Crippen LogP contribution in [-0.2, 0) is 0 Å². The Balaban J connectivity index is -0.000000500. The summed E-state index contributed by atoms with van der Waals surface area (Å²) < 4.78 is 3.21. The van der Waals surface area contributed by atoms with Crippen LogP contribution in [-0.4, -0.2) is 20.4 Å². The summed E-state index contributed by atoms with van der Waals surface area (Å²) in [5.41, 5.74) is 0. The highest BCUT2D eigenvalue weighted by atomic mass is 35.5. The predicted octanol–water partition coefficient (Wildman–Crippen LogP) is 4.39. The van der Waals surface area contributed by atoms with Gasteiger partial charge in [0, 0.05) is 0 Å². The van der Waals surface area contributed by atoms with Crippen molar-refractivity contribution in [1.29, 1.82) is 0 Å². The molecule has 3 heteroatoms. The van der Waals surface area contributed by atoms with Gasteiger partial charge in [-0.25, -0.2) is 0 Å². The van der Waals surface area contributed by atoms with Crippen molar-refractivity contribution in [2.24, 2.45) is 0 Å². The van der Waals surface area contributed by atoms with Crippen molar-refractivity contribution in [3.05, 3.63) is 0 Å². The molecule has 0 N–H and O–H groups in total. The molecule has 0 bridgehead atoms. The van der Waals surface area contributed by atoms with E-state index in [0.717, 1.165) is 0 Å². The van der Waals surface area contributed by atoms with Crippen LogP contribution >= 0.6 is 22.3 Å². The van der Waals surface area contributed by atoms with Crippen molar-refractivity contribution < 1.29 is 0 Å². The van der Waals surface area contributed by atoms with Gasteiger partial charge in [0.2, 0.25) is 0 Å². The van der Waals surface area contributed by atoms with Gasteiger partial charge in [-0.2, -0.15) is 9.90 Å². The van der Waals surface area contributed by atoms with E-state index >= 15 is 0 Å². The van der Waals surface area contributed by atoms with Crippen LogP contribution in [0.2, 0.25) is 9.10 Å². The van der Waals surface area contributed by atoms with Gasteiger partial charge in [-0.1, -0.05) is 52.4 Å². The van der Waals surface area contributed by atoms with Crippen LogP contribution in [0, 0.1) is 0 Å². The monoisotopic (exact) mass is 236 g/mol. The Morgan fingerprint density at radius 2 is 1.31 bits per heavy atom. The first-order valence-electron chi connectivity index (χ1n) is 5.41. The molecule has 0 fully saturated rings. The van der Waals surface area contributed by atoms with E-state index in [4.69, 9.17) is 0 Å². The Labute approximate surface area is 104 Å². The minimum absolute atomic E-state index is 0. The molecule has 1 atom stereocenters. The first-order valence-corrected chi connectivity index (χ1v) is 7.41. The third-order valence-corrected chi connectivity index (χ3v) is 4.21. The molecule has 0 aliphatic carbocycles. The summed E-state index contributed by atoms with van der Waals surface area (Å²) in [6, 6.07) is 0. The van der Waals surface area contributed by atoms with Crippen molar-refractivity contribution in [2.75, 3.05) is 0 Å². The molecule has 0 aromatic heterocycles. The molecular weight excluding hydrogens is 211 g/mol. The largest absolute Gasteiger partial charge is 0.364 e. The Morgan fingerprint density at radius 3 is 1.85 bits per heavy atom. The highest BCUT2D eigenvalue weighted by Crippen LogP contribution is 2.04. The van der Waals surface area contributed by atoms with Crippen LogP contribution in [0.5, 0.6) is 0 Å². The molecule has 0 heterocycles. The summed E-state index contributed by atoms with van der Waals surface area (Å²) in [4.78, 5) is 0. The summed E-state index contributed by atoms with van der Waals surface area (Å²) in [5.74, 6) is 0. The smallest absolute Gasteiger partial charge is 0.153 e. The van der Waals surface area contributed by atoms with Crippen LogP contribution in [0.1, 0.15) is 52.4 Å². The van der Waals surface area contributed by atoms with Gasteiger partial charge < -0.3 is 0 Å². The number of hydrogen-bond donors (Lipinski definition) is 0. The highest BCUT2D eigenvalue weighted by molar-refractivity contribution is 6.92. The van der Waals surface area contributed by atoms with E-state index in [1.165, 1.54) is 38.5 Å². The topological polar surface area (TPSA) is 0 Å². The maximum atomic E-state index is 2.30. The van der Waals surface area contributed by atoms with E-state index in [9.17, 15) is 0 Å². The molecule has 80 valence electrons. The summed E-state index contributed by atoms with van der Waals surface area (Å²) >= 11 is 0.372. The predicted molar refractivity (Wildman–Crippen MR) is 72.8 cm³/mol. The van der Waals surface area contributed by atoms with Crippen molar-refractivity contribution in [1.82, 2.24) is 0 Å². The quantitative estimate of drug-likeness (QED) is 0.333. The fourth-order valence-corrected chi connectivity index (χ4v) is 3.30. The average Bonchev–Trinajstić information content (AvgIpc) is 2.03. The van der Waals surface area contributed by atoms with E-state index in [1.54, 1.807) is 9.10 Å². The molecule has 0 saturated carbocycles. The van der Waals surface area contributed by atoms with E-state index in [-0.39, 0.29) is 22.3 Å². The first kappa shape index (κ1) is 20.0. The molecule has 0 aliphatic rings. The summed E-state index contributed by atoms with van der Waals surface area (Å²) in [6.45, 7) is 4.58. The van der Waals surface area contributed by atoms with E-state index in [1.807, 2.05) is 0 Å². The molecule has 0 rings (SSSR count). The van der Waals surface area contributed by atoms with Gasteiger partial charge in [0.25, 0.3) is 0 Å². The van der Waals surface area contributed by atoms with Crippen molar-refractivity contribution in [3.63, 3.8) is 0 Å². The van der Waals surface area contributed by atoms with Gasteiger partial charge >= 0.3 is 20.4 Å². The maximum absolute atomic E-state index is 2.30. The van der Waals surface area contributed by atoms with Gasteiger partial charge in [-0.3, -0.25) is 0 Å². The Bertz CT molecular complexity index is 63.9. The lowest BCUT2D eigenvalue weighted by atomic mass is 10.2. The number of rotatable bonds is 8. The minimum atomic E-state index is 0. The summed E-state index contributed by atoms with van der Waals surface area (Å²) in [7, 11) is 0. The molecule has 0 spiro atoms. The zero-order valence-electron chi connectivity index (χ0n) is 9.48. The molecule has 0 aromatic carbocycles. The molecule has 13 heavy (non-hydrogen) atoms. The summed E-state index contributed by atoms with van der Waals surface area (Å²) in [6.07, 6.45) is 8.78. The van der Waals surface area contributed by atoms with E-state index < -0.39 is 0 Å². The molecule has 0 aromatic rings. The van der Waals surface area contributed by atoms with Crippen LogP contribution in [0.3, 0.4) is 0 Å². The van der Waals surface area contributed by atoms with E-state index in [0.29, 0.717) is 20.4 Å². The highest BCUT2D eigenvalue weighted by Gasteiger charge is 1.94. The third-order valence-electron chi connectivity index (χ3n) is 2.21. The summed E-state index contributed by atoms with van der Waals surface area (Å²) in [5, 5.41) is 0. The zero-order chi connectivity index (χ0) is 8.36. The lowest BCUT2D eigenvalue weighted by Crippen LogP contribution is -1.88. The second-order valence-electron chi connectivity index (χ2n) is 3.47. The Hall–Kier alpha value is 1.49. The van der Waals surface area contributed by atoms with Crippen LogP contribution < -0.4 is 0 Å². The van der Waals surface area contributed by atoms with Gasteiger partial charge in [-0.15, -0.1) is 21.5 Å². The lowest BCUT2D eigenvalue weighted by molar-refractivity contribution is 0.699. The van der Waals surface area contributed by atoms with Gasteiger partial charge in [0.15, 0.2) is 0 Å². The van der Waals surface area contributed by atoms with Crippen molar-refractivity contribution in [3.8, 4) is 0 Å². The van der Waals surface area contributed by atoms with Gasteiger partial charge in [0.05, 0.1) is 0 Å². The van der Waals surface area contributed by atoms with Gasteiger partial charge in [-0.05, 0) is 0 Å². The molecule has 0 amide bonds. The molecule has 0 nitrogen and oxygen atoms in total. The zero-order valence-corrected chi connectivity index (χ0v) is 13.1. The SMILES string of the molecule is CCCCC[CH2][Mg][CH2]CCC.Cl.P. The average molecular weight is 237 g/mol. The Kier molecular flexibility index (Phi) is 29.4. The lowest BCUT2D eigenvalue weighted by Gasteiger charge is -1.97. The molecule has 0 saturated heterocycles. The standard InChI is InChI=1S/C6H13.C4H9.ClH.Mg.H3P/c1-3-5-6-4-2;1-3-4-2;;;/h1,3-6H2,2H3;1,3-4H2,2H3;1H;;1H3. The minimum Gasteiger partial charge on any atom is -0.153 e. The fraction of sp³-hybridized carbons (Fsp3) is 1.00. The van der Waals surface area contributed by atoms with E-state index in [2.05, 4.69) is 13.8 Å².